The lowest BCUT2D eigenvalue weighted by molar-refractivity contribution is -0.119. The largest absolute Gasteiger partial charge is 0.351 e. The number of aromatic nitrogens is 3. The van der Waals surface area contributed by atoms with E-state index in [1.807, 2.05) is 24.0 Å². The first-order valence-electron chi connectivity index (χ1n) is 8.34. The molecule has 1 saturated heterocycles. The maximum atomic E-state index is 12.9. The second kappa shape index (κ2) is 7.38. The quantitative estimate of drug-likeness (QED) is 0.917. The van der Waals surface area contributed by atoms with Crippen molar-refractivity contribution in [3.63, 3.8) is 0 Å². The monoisotopic (exact) mass is 339 g/mol. The fourth-order valence-electron chi connectivity index (χ4n) is 3.05. The van der Waals surface area contributed by atoms with Crippen molar-refractivity contribution in [2.45, 2.75) is 39.3 Å². The van der Waals surface area contributed by atoms with E-state index >= 15 is 0 Å². The zero-order valence-electron chi connectivity index (χ0n) is 14.4. The van der Waals surface area contributed by atoms with Gasteiger partial charge < -0.3 is 10.2 Å². The van der Waals surface area contributed by atoms with Crippen LogP contribution in [0.1, 0.15) is 53.2 Å². The van der Waals surface area contributed by atoms with E-state index in [0.717, 1.165) is 24.1 Å². The first kappa shape index (κ1) is 17.0. The average Bonchev–Trinajstić information content (AvgIpc) is 3.10. The van der Waals surface area contributed by atoms with Crippen LogP contribution in [0, 0.1) is 6.92 Å². The first-order valence-corrected chi connectivity index (χ1v) is 8.34. The van der Waals surface area contributed by atoms with E-state index in [-0.39, 0.29) is 17.9 Å². The summed E-state index contributed by atoms with van der Waals surface area (Å²) in [7, 11) is 0. The Bertz CT molecular complexity index is 793. The molecule has 0 aromatic carbocycles. The summed E-state index contributed by atoms with van der Waals surface area (Å²) in [6, 6.07) is 3.60. The standard InChI is InChI=1S/C18H21N5O2/c1-12-5-3-7-20-17(12)18(25)23-8-4-6-16(23)15-11-19-9-14(22-15)10-21-13(2)24/h3,5,7,9,11,16H,4,6,8,10H2,1-2H3,(H,21,24)/t16-/m0/s1. The first-order chi connectivity index (χ1) is 12.1. The third-order valence-corrected chi connectivity index (χ3v) is 4.29. The molecule has 1 atom stereocenters. The zero-order chi connectivity index (χ0) is 17.8. The van der Waals surface area contributed by atoms with Crippen molar-refractivity contribution in [1.29, 1.82) is 0 Å². The van der Waals surface area contributed by atoms with Crippen molar-refractivity contribution < 1.29 is 9.59 Å². The molecule has 0 aliphatic carbocycles. The van der Waals surface area contributed by atoms with E-state index < -0.39 is 0 Å². The summed E-state index contributed by atoms with van der Waals surface area (Å²) in [4.78, 5) is 38.9. The fourth-order valence-corrected chi connectivity index (χ4v) is 3.05. The summed E-state index contributed by atoms with van der Waals surface area (Å²) >= 11 is 0. The Hall–Kier alpha value is -2.83. The predicted molar refractivity (Wildman–Crippen MR) is 91.5 cm³/mol. The zero-order valence-corrected chi connectivity index (χ0v) is 14.4. The molecule has 3 rings (SSSR count). The predicted octanol–water partition coefficient (Wildman–Crippen LogP) is 1.79. The summed E-state index contributed by atoms with van der Waals surface area (Å²) in [5, 5.41) is 2.71. The average molecular weight is 339 g/mol. The van der Waals surface area contributed by atoms with Crippen LogP contribution >= 0.6 is 0 Å². The number of pyridine rings is 1. The highest BCUT2D eigenvalue weighted by atomic mass is 16.2. The molecule has 130 valence electrons. The molecule has 7 heteroatoms. The molecule has 3 heterocycles. The third kappa shape index (κ3) is 3.81. The van der Waals surface area contributed by atoms with Crippen molar-refractivity contribution >= 4 is 11.8 Å². The number of nitrogens with one attached hydrogen (secondary N) is 1. The smallest absolute Gasteiger partial charge is 0.273 e. The number of amides is 2. The molecule has 0 radical (unpaired) electrons. The summed E-state index contributed by atoms with van der Waals surface area (Å²) in [5.74, 6) is -0.190. The minimum atomic E-state index is -0.115. The number of rotatable bonds is 4. The minimum Gasteiger partial charge on any atom is -0.351 e. The lowest BCUT2D eigenvalue weighted by Gasteiger charge is -2.24. The van der Waals surface area contributed by atoms with E-state index in [4.69, 9.17) is 0 Å². The number of carbonyl (C=O) groups is 2. The number of carbonyl (C=O) groups excluding carboxylic acids is 2. The van der Waals surface area contributed by atoms with Gasteiger partial charge in [0, 0.05) is 19.7 Å². The molecule has 0 saturated carbocycles. The van der Waals surface area contributed by atoms with Crippen LogP contribution in [-0.2, 0) is 11.3 Å². The number of likely N-dealkylation sites (tertiary alicyclic amines) is 1. The van der Waals surface area contributed by atoms with Gasteiger partial charge in [0.15, 0.2) is 0 Å². The highest BCUT2D eigenvalue weighted by Crippen LogP contribution is 2.32. The van der Waals surface area contributed by atoms with E-state index in [0.29, 0.717) is 24.5 Å². The number of hydrogen-bond donors (Lipinski definition) is 1. The number of hydrogen-bond acceptors (Lipinski definition) is 5. The molecular weight excluding hydrogens is 318 g/mol. The summed E-state index contributed by atoms with van der Waals surface area (Å²) in [6.45, 7) is 4.36. The fraction of sp³-hybridized carbons (Fsp3) is 0.389. The SMILES string of the molecule is CC(=O)NCc1cncc([C@@H]2CCCN2C(=O)c2ncccc2C)n1. The second-order valence-corrected chi connectivity index (χ2v) is 6.17. The van der Waals surface area contributed by atoms with Crippen molar-refractivity contribution in [3.05, 3.63) is 53.4 Å². The number of aryl methyl sites for hydroxylation is 1. The molecule has 0 unspecified atom stereocenters. The van der Waals surface area contributed by atoms with E-state index in [1.165, 1.54) is 6.92 Å². The Morgan fingerprint density at radius 1 is 1.36 bits per heavy atom. The van der Waals surface area contributed by atoms with Crippen molar-refractivity contribution in [1.82, 2.24) is 25.2 Å². The topological polar surface area (TPSA) is 88.1 Å². The third-order valence-electron chi connectivity index (χ3n) is 4.29. The molecule has 1 aliphatic rings. The van der Waals surface area contributed by atoms with Crippen LogP contribution in [0.25, 0.3) is 0 Å². The van der Waals surface area contributed by atoms with Gasteiger partial charge in [-0.15, -0.1) is 0 Å². The minimum absolute atomic E-state index is 0.0744. The molecule has 25 heavy (non-hydrogen) atoms. The van der Waals surface area contributed by atoms with Crippen LogP contribution < -0.4 is 5.32 Å². The maximum Gasteiger partial charge on any atom is 0.273 e. The van der Waals surface area contributed by atoms with Gasteiger partial charge >= 0.3 is 0 Å². The van der Waals surface area contributed by atoms with Crippen LogP contribution in [0.15, 0.2) is 30.7 Å². The maximum absolute atomic E-state index is 12.9. The van der Waals surface area contributed by atoms with Gasteiger partial charge in [0.1, 0.15) is 5.69 Å². The molecule has 1 N–H and O–H groups in total. The van der Waals surface area contributed by atoms with Gasteiger partial charge in [-0.2, -0.15) is 0 Å². The Balaban J connectivity index is 1.82. The van der Waals surface area contributed by atoms with E-state index in [2.05, 4.69) is 20.3 Å². The van der Waals surface area contributed by atoms with Crippen LogP contribution in [0.3, 0.4) is 0 Å². The van der Waals surface area contributed by atoms with Crippen LogP contribution in [0.4, 0.5) is 0 Å². The summed E-state index contributed by atoms with van der Waals surface area (Å²) in [6.07, 6.45) is 6.72. The van der Waals surface area contributed by atoms with E-state index in [9.17, 15) is 9.59 Å². The molecule has 7 nitrogen and oxygen atoms in total. The van der Waals surface area contributed by atoms with Gasteiger partial charge in [0.25, 0.3) is 5.91 Å². The lowest BCUT2D eigenvalue weighted by atomic mass is 10.1. The molecule has 1 aliphatic heterocycles. The highest BCUT2D eigenvalue weighted by molar-refractivity contribution is 5.94. The molecule has 2 amide bonds. The molecular formula is C18H21N5O2. The molecule has 1 fully saturated rings. The summed E-state index contributed by atoms with van der Waals surface area (Å²) in [5.41, 5.74) is 2.78. The highest BCUT2D eigenvalue weighted by Gasteiger charge is 2.33. The Kier molecular flexibility index (Phi) is 5.02. The van der Waals surface area contributed by atoms with Crippen LogP contribution in [0.2, 0.25) is 0 Å². The number of nitrogens with zero attached hydrogens (tertiary/aromatic N) is 4. The van der Waals surface area contributed by atoms with Crippen LogP contribution in [-0.4, -0.2) is 38.2 Å². The molecule has 2 aromatic heterocycles. The van der Waals surface area contributed by atoms with Gasteiger partial charge in [-0.1, -0.05) is 6.07 Å². The van der Waals surface area contributed by atoms with Gasteiger partial charge in [-0.3, -0.25) is 24.5 Å². The Morgan fingerprint density at radius 3 is 2.96 bits per heavy atom. The van der Waals surface area contributed by atoms with Gasteiger partial charge in [0.2, 0.25) is 5.91 Å². The van der Waals surface area contributed by atoms with E-state index in [1.54, 1.807) is 18.6 Å². The van der Waals surface area contributed by atoms with Crippen molar-refractivity contribution in [3.8, 4) is 0 Å². The van der Waals surface area contributed by atoms with Crippen molar-refractivity contribution in [2.24, 2.45) is 0 Å². The van der Waals surface area contributed by atoms with Gasteiger partial charge in [-0.25, -0.2) is 0 Å². The van der Waals surface area contributed by atoms with Crippen molar-refractivity contribution in [2.75, 3.05) is 6.54 Å². The molecule has 0 bridgehead atoms. The van der Waals surface area contributed by atoms with Crippen LogP contribution in [0.5, 0.6) is 0 Å². The van der Waals surface area contributed by atoms with Gasteiger partial charge in [0.05, 0.1) is 36.4 Å². The summed E-state index contributed by atoms with van der Waals surface area (Å²) < 4.78 is 0. The second-order valence-electron chi connectivity index (χ2n) is 6.17. The Labute approximate surface area is 146 Å². The molecule has 2 aromatic rings. The normalized spacial score (nSPS) is 16.7. The Morgan fingerprint density at radius 2 is 2.20 bits per heavy atom. The van der Waals surface area contributed by atoms with Gasteiger partial charge in [-0.05, 0) is 31.4 Å². The molecule has 0 spiro atoms. The lowest BCUT2D eigenvalue weighted by Crippen LogP contribution is -2.32.